The highest BCUT2D eigenvalue weighted by Crippen LogP contribution is 2.43. The van der Waals surface area contributed by atoms with Crippen LogP contribution < -0.4 is 15.4 Å². The lowest BCUT2D eigenvalue weighted by atomic mass is 9.86. The maximum absolute atomic E-state index is 15.5. The van der Waals surface area contributed by atoms with Gasteiger partial charge in [-0.3, -0.25) is 0 Å². The summed E-state index contributed by atoms with van der Waals surface area (Å²) in [4.78, 5) is 16.1. The molecular weight excluding hydrogens is 475 g/mol. The number of amides is 1. The second-order valence-electron chi connectivity index (χ2n) is 9.12. The van der Waals surface area contributed by atoms with Crippen molar-refractivity contribution in [3.63, 3.8) is 0 Å². The quantitative estimate of drug-likeness (QED) is 0.520. The van der Waals surface area contributed by atoms with Crippen molar-refractivity contribution in [2.75, 3.05) is 25.1 Å². The summed E-state index contributed by atoms with van der Waals surface area (Å²) in [5.74, 6) is -0.274. The van der Waals surface area contributed by atoms with E-state index in [9.17, 15) is 4.79 Å². The van der Waals surface area contributed by atoms with E-state index in [4.69, 9.17) is 31.1 Å². The van der Waals surface area contributed by atoms with Gasteiger partial charge in [-0.2, -0.15) is 9.65 Å². The molecule has 1 aromatic heterocycles. The third-order valence-electron chi connectivity index (χ3n) is 6.08. The average Bonchev–Trinajstić information content (AvgIpc) is 3.67. The van der Waals surface area contributed by atoms with Crippen LogP contribution in [0.15, 0.2) is 30.5 Å². The van der Waals surface area contributed by atoms with Gasteiger partial charge in [0.15, 0.2) is 11.6 Å². The van der Waals surface area contributed by atoms with E-state index in [2.05, 4.69) is 15.6 Å². The number of benzene rings is 1. The van der Waals surface area contributed by atoms with E-state index < -0.39 is 11.9 Å². The fraction of sp³-hybridized carbons (Fsp3) is 0.480. The van der Waals surface area contributed by atoms with Crippen LogP contribution in [0.3, 0.4) is 0 Å². The number of anilines is 2. The summed E-state index contributed by atoms with van der Waals surface area (Å²) in [6, 6.07) is 8.16. The van der Waals surface area contributed by atoms with Crippen LogP contribution >= 0.6 is 11.6 Å². The fourth-order valence-corrected chi connectivity index (χ4v) is 4.44. The molecule has 8 nitrogen and oxygen atoms in total. The predicted molar refractivity (Wildman–Crippen MR) is 128 cm³/mol. The first-order valence-corrected chi connectivity index (χ1v) is 12.0. The molecule has 3 atom stereocenters. The molecule has 1 aromatic carbocycles. The van der Waals surface area contributed by atoms with Crippen molar-refractivity contribution in [1.82, 2.24) is 10.3 Å². The molecule has 1 saturated heterocycles. The van der Waals surface area contributed by atoms with Crippen LogP contribution in [0.25, 0.3) is 0 Å². The van der Waals surface area contributed by atoms with E-state index in [1.165, 1.54) is 18.3 Å². The second-order valence-corrected chi connectivity index (χ2v) is 9.53. The Balaban J connectivity index is 1.52. The van der Waals surface area contributed by atoms with Crippen molar-refractivity contribution in [3.05, 3.63) is 46.9 Å². The third-order valence-corrected chi connectivity index (χ3v) is 6.39. The molecule has 0 spiro atoms. The van der Waals surface area contributed by atoms with Crippen LogP contribution in [0.4, 0.5) is 20.7 Å². The van der Waals surface area contributed by atoms with Crippen LogP contribution in [0.2, 0.25) is 5.02 Å². The Morgan fingerprint density at radius 2 is 2.14 bits per heavy atom. The van der Waals surface area contributed by atoms with E-state index in [1.807, 2.05) is 6.07 Å². The van der Waals surface area contributed by atoms with Crippen molar-refractivity contribution in [2.45, 2.75) is 38.9 Å². The Hall–Kier alpha value is -3.09. The van der Waals surface area contributed by atoms with E-state index in [1.54, 1.807) is 26.0 Å². The maximum Gasteiger partial charge on any atom is 0.407 e. The van der Waals surface area contributed by atoms with E-state index in [-0.39, 0.29) is 47.2 Å². The van der Waals surface area contributed by atoms with Crippen LogP contribution in [0.1, 0.15) is 32.3 Å². The van der Waals surface area contributed by atoms with Gasteiger partial charge < -0.3 is 24.8 Å². The lowest BCUT2D eigenvalue weighted by Crippen LogP contribution is -2.49. The van der Waals surface area contributed by atoms with Gasteiger partial charge in [0.05, 0.1) is 41.7 Å². The van der Waals surface area contributed by atoms with E-state index in [0.29, 0.717) is 30.4 Å². The van der Waals surface area contributed by atoms with Gasteiger partial charge in [-0.15, -0.1) is 0 Å². The molecule has 1 aliphatic carbocycles. The number of halogens is 2. The van der Waals surface area contributed by atoms with Crippen LogP contribution in [0, 0.1) is 34.9 Å². The molecule has 0 bridgehead atoms. The van der Waals surface area contributed by atoms with Gasteiger partial charge in [-0.1, -0.05) is 11.6 Å². The van der Waals surface area contributed by atoms with Crippen molar-refractivity contribution in [3.8, 4) is 11.8 Å². The lowest BCUT2D eigenvalue weighted by Gasteiger charge is -2.38. The zero-order valence-corrected chi connectivity index (χ0v) is 20.3. The smallest absolute Gasteiger partial charge is 0.407 e. The van der Waals surface area contributed by atoms with Crippen LogP contribution in [-0.4, -0.2) is 43.0 Å². The number of carbonyl (C=O) groups excluding carboxylic acids is 1. The van der Waals surface area contributed by atoms with Gasteiger partial charge in [0.2, 0.25) is 5.82 Å². The van der Waals surface area contributed by atoms with Gasteiger partial charge in [0, 0.05) is 30.6 Å². The summed E-state index contributed by atoms with van der Waals surface area (Å²) in [5, 5.41) is 14.9. The Morgan fingerprint density at radius 3 is 2.83 bits per heavy atom. The predicted octanol–water partition coefficient (Wildman–Crippen LogP) is 5.04. The van der Waals surface area contributed by atoms with Gasteiger partial charge in [0.25, 0.3) is 0 Å². The summed E-state index contributed by atoms with van der Waals surface area (Å²) >= 11 is 6.22. The molecule has 1 amide bonds. The molecule has 186 valence electrons. The normalized spacial score (nSPS) is 21.8. The van der Waals surface area contributed by atoms with E-state index in [0.717, 1.165) is 12.8 Å². The summed E-state index contributed by atoms with van der Waals surface area (Å²) in [6.07, 6.45) is 2.52. The molecular formula is C25H28ClFN4O4. The number of nitrogens with zero attached hydrogens (tertiary/aromatic N) is 2. The first-order valence-electron chi connectivity index (χ1n) is 11.7. The Labute approximate surface area is 208 Å². The largest absolute Gasteiger partial charge is 0.486 e. The van der Waals surface area contributed by atoms with Crippen molar-refractivity contribution in [2.24, 2.45) is 17.8 Å². The molecule has 3 unspecified atom stereocenters. The molecule has 4 rings (SSSR count). The molecule has 0 radical (unpaired) electrons. The molecule has 10 heteroatoms. The zero-order chi connectivity index (χ0) is 24.9. The van der Waals surface area contributed by atoms with Crippen molar-refractivity contribution >= 4 is 29.2 Å². The van der Waals surface area contributed by atoms with Gasteiger partial charge in [-0.05, 0) is 50.8 Å². The van der Waals surface area contributed by atoms with E-state index >= 15 is 4.39 Å². The number of hydrogen-bond donors (Lipinski definition) is 2. The Morgan fingerprint density at radius 1 is 1.34 bits per heavy atom. The number of pyridine rings is 1. The topological polar surface area (TPSA) is 106 Å². The summed E-state index contributed by atoms with van der Waals surface area (Å²) in [5.41, 5.74) is 0.815. The lowest BCUT2D eigenvalue weighted by molar-refractivity contribution is -0.0746. The number of aromatic nitrogens is 1. The minimum absolute atomic E-state index is 0.0423. The number of hydrogen-bond acceptors (Lipinski definition) is 7. The maximum atomic E-state index is 15.5. The average molecular weight is 503 g/mol. The van der Waals surface area contributed by atoms with Crippen LogP contribution in [0.5, 0.6) is 5.75 Å². The van der Waals surface area contributed by atoms with Crippen LogP contribution in [-0.2, 0) is 9.47 Å². The third kappa shape index (κ3) is 6.32. The molecule has 35 heavy (non-hydrogen) atoms. The number of nitrogens with one attached hydrogen (secondary N) is 2. The molecule has 1 saturated carbocycles. The number of carbonyl (C=O) groups is 1. The standard InChI is InChI=1S/C25H28ClFN4O4/c1-14(2)34-25(32)30-11-17-12-33-13-18(16-4-5-16)23(17)35-21-7-8-29-24(22(21)27)31-20-6-3-15(10-28)9-19(20)26/h3,6-9,14,16-18,23H,4-5,11-13H2,1-2H3,(H,29,31)(H,30,32). The molecule has 2 aromatic rings. The monoisotopic (exact) mass is 502 g/mol. The SMILES string of the molecule is CC(C)OC(=O)NCC1COCC(C2CC2)C1Oc1ccnc(Nc2ccc(C#N)cc2Cl)c1F. The summed E-state index contributed by atoms with van der Waals surface area (Å²) < 4.78 is 32.7. The second kappa shape index (κ2) is 11.1. The molecule has 1 aliphatic heterocycles. The highest BCUT2D eigenvalue weighted by molar-refractivity contribution is 6.33. The highest BCUT2D eigenvalue weighted by atomic mass is 35.5. The Bertz CT molecular complexity index is 1110. The molecule has 2 aliphatic rings. The number of nitriles is 1. The zero-order valence-electron chi connectivity index (χ0n) is 19.6. The van der Waals surface area contributed by atoms with Crippen molar-refractivity contribution < 1.29 is 23.4 Å². The number of ether oxygens (including phenoxy) is 3. The first kappa shape index (κ1) is 25.0. The first-order chi connectivity index (χ1) is 16.9. The fourth-order valence-electron chi connectivity index (χ4n) is 4.22. The summed E-state index contributed by atoms with van der Waals surface area (Å²) in [6.45, 7) is 4.76. The number of rotatable bonds is 8. The highest BCUT2D eigenvalue weighted by Gasteiger charge is 2.44. The minimum atomic E-state index is -0.653. The summed E-state index contributed by atoms with van der Waals surface area (Å²) in [7, 11) is 0. The number of alkyl carbamates (subject to hydrolysis) is 1. The van der Waals surface area contributed by atoms with Gasteiger partial charge in [0.1, 0.15) is 6.10 Å². The molecule has 2 fully saturated rings. The van der Waals surface area contributed by atoms with Gasteiger partial charge >= 0.3 is 6.09 Å². The molecule has 2 heterocycles. The minimum Gasteiger partial charge on any atom is -0.486 e. The van der Waals surface area contributed by atoms with Gasteiger partial charge in [-0.25, -0.2) is 9.78 Å². The Kier molecular flexibility index (Phi) is 7.93. The van der Waals surface area contributed by atoms with Crippen molar-refractivity contribution in [1.29, 1.82) is 5.26 Å². The molecule has 2 N–H and O–H groups in total.